The molecular weight excluding hydrogens is 1040 g/mol. The summed E-state index contributed by atoms with van der Waals surface area (Å²) in [4.78, 5) is 45.4. The van der Waals surface area contributed by atoms with Crippen molar-refractivity contribution in [2.24, 2.45) is 0 Å². The molecule has 6 rings (SSSR count). The largest absolute Gasteiger partial charge is 0.460 e. The molecule has 374 valence electrons. The number of aryl methyl sites for hydroxylation is 4. The molecule has 0 aliphatic heterocycles. The highest BCUT2D eigenvalue weighted by molar-refractivity contribution is 14.1. The van der Waals surface area contributed by atoms with Crippen molar-refractivity contribution < 1.29 is 54.9 Å². The molecule has 3 aromatic heterocycles. The number of carbonyl (C=O) groups is 3. The monoisotopic (exact) mass is 1090 g/mol. The minimum Gasteiger partial charge on any atom is -0.460 e. The van der Waals surface area contributed by atoms with Gasteiger partial charge in [0.15, 0.2) is 17.5 Å². The SMILES string of the molecule is CC(C)OC(=O)/C=C\I.Cc1cc(-c2ncn(/C=C\C(=O)OC(C)C)n2)cc(C(F)(F)F)c1.Cc1cc(-c2ncn[nH]2)cc(C(F)(F)F)c1.Cc1cc(C)cc(-c2ncn(/C=C/C(=O)OC(C)C)n2)c1. The standard InChI is InChI=1S/C16H16F3N3O2.C16H19N3O2.C10H8F3N3.C6H9IO2/c1-10(2)24-14(23)4-5-22-9-20-15(21-22)12-6-11(3)7-13(8-12)16(17,18)19;1-11(2)21-15(20)5-6-19-10-17-16(18-19)14-8-12(3)7-13(4)9-14;1-6-2-7(9-14-5-15-16-9)4-8(3-6)10(11,12)13;1-5(2)9-6(8)3-4-7/h4-10H,1-3H3;5-11H,1-4H3;2-5H,1H3,(H,14,15,16);3-5H,1-2H3/b5-4-;6-5+;;4-3-. The van der Waals surface area contributed by atoms with Gasteiger partial charge in [0.25, 0.3) is 0 Å². The Hall–Kier alpha value is -6.98. The van der Waals surface area contributed by atoms with Gasteiger partial charge in [0.2, 0.25) is 0 Å². The smallest absolute Gasteiger partial charge is 0.416 e. The zero-order valence-corrected chi connectivity index (χ0v) is 42.0. The van der Waals surface area contributed by atoms with Crippen molar-refractivity contribution >= 4 is 52.9 Å². The van der Waals surface area contributed by atoms with Gasteiger partial charge in [-0.15, -0.1) is 10.2 Å². The Labute approximate surface area is 414 Å². The lowest BCUT2D eigenvalue weighted by Crippen LogP contribution is -2.08. The van der Waals surface area contributed by atoms with Gasteiger partial charge in [-0.25, -0.2) is 38.7 Å². The second-order valence-electron chi connectivity index (χ2n) is 15.9. The maximum Gasteiger partial charge on any atom is 0.416 e. The van der Waals surface area contributed by atoms with E-state index in [1.54, 1.807) is 64.1 Å². The second-order valence-corrected chi connectivity index (χ2v) is 16.6. The van der Waals surface area contributed by atoms with E-state index < -0.39 is 35.4 Å². The first-order chi connectivity index (χ1) is 32.7. The lowest BCUT2D eigenvalue weighted by atomic mass is 10.1. The van der Waals surface area contributed by atoms with Gasteiger partial charge in [-0.2, -0.15) is 31.4 Å². The van der Waals surface area contributed by atoms with Crippen molar-refractivity contribution in [2.75, 3.05) is 0 Å². The molecule has 3 aromatic carbocycles. The fourth-order valence-corrected chi connectivity index (χ4v) is 6.00. The van der Waals surface area contributed by atoms with Gasteiger partial charge >= 0.3 is 30.3 Å². The van der Waals surface area contributed by atoms with Crippen LogP contribution in [-0.2, 0) is 40.9 Å². The topological polar surface area (TPSA) is 182 Å². The predicted molar refractivity (Wildman–Crippen MR) is 259 cm³/mol. The van der Waals surface area contributed by atoms with E-state index in [9.17, 15) is 40.7 Å². The van der Waals surface area contributed by atoms with Crippen molar-refractivity contribution in [2.45, 2.75) is 99.9 Å². The molecule has 0 aliphatic carbocycles. The van der Waals surface area contributed by atoms with Crippen LogP contribution >= 0.6 is 22.6 Å². The number of nitrogens with one attached hydrogen (secondary N) is 1. The number of nitrogens with zero attached hydrogens (tertiary/aromatic N) is 8. The van der Waals surface area contributed by atoms with Crippen LogP contribution in [0.2, 0.25) is 0 Å². The highest BCUT2D eigenvalue weighted by atomic mass is 127. The lowest BCUT2D eigenvalue weighted by Gasteiger charge is -2.09. The molecule has 0 atom stereocenters. The second kappa shape index (κ2) is 26.7. The molecule has 0 saturated heterocycles. The number of esters is 3. The van der Waals surface area contributed by atoms with E-state index in [1.165, 1.54) is 46.6 Å². The number of alkyl halides is 6. The predicted octanol–water partition coefficient (Wildman–Crippen LogP) is 11.4. The number of benzene rings is 3. The van der Waals surface area contributed by atoms with Gasteiger partial charge in [0, 0.05) is 47.3 Å². The number of aromatic nitrogens is 9. The van der Waals surface area contributed by atoms with E-state index in [0.717, 1.165) is 47.0 Å². The highest BCUT2D eigenvalue weighted by Crippen LogP contribution is 2.33. The van der Waals surface area contributed by atoms with Crippen LogP contribution < -0.4 is 0 Å². The summed E-state index contributed by atoms with van der Waals surface area (Å²) in [5.41, 5.74) is 3.46. The van der Waals surface area contributed by atoms with Crippen molar-refractivity contribution in [3.8, 4) is 34.2 Å². The number of rotatable bonds is 11. The van der Waals surface area contributed by atoms with Crippen LogP contribution in [0.5, 0.6) is 0 Å². The summed E-state index contributed by atoms with van der Waals surface area (Å²) < 4.78 is 95.3. The minimum absolute atomic E-state index is 0.0231. The number of ether oxygens (including phenoxy) is 3. The fourth-order valence-electron chi connectivity index (χ4n) is 5.71. The first-order valence-corrected chi connectivity index (χ1v) is 22.4. The quantitative estimate of drug-likeness (QED) is 0.0427. The number of aromatic amines is 1. The lowest BCUT2D eigenvalue weighted by molar-refractivity contribution is -0.142. The Kier molecular flexibility index (Phi) is 21.9. The van der Waals surface area contributed by atoms with Gasteiger partial charge < -0.3 is 14.2 Å². The normalized spacial score (nSPS) is 11.6. The first kappa shape index (κ1) is 57.3. The maximum atomic E-state index is 12.9. The Morgan fingerprint density at radius 1 is 0.557 bits per heavy atom. The minimum atomic E-state index is -4.44. The summed E-state index contributed by atoms with van der Waals surface area (Å²) >= 11 is 1.97. The van der Waals surface area contributed by atoms with Gasteiger partial charge in [0.05, 0.1) is 29.4 Å². The zero-order chi connectivity index (χ0) is 52.3. The molecule has 15 nitrogen and oxygen atoms in total. The molecule has 0 amide bonds. The van der Waals surface area contributed by atoms with Crippen molar-refractivity contribution in [1.29, 1.82) is 0 Å². The van der Waals surface area contributed by atoms with Gasteiger partial charge in [0.1, 0.15) is 19.0 Å². The Morgan fingerprint density at radius 2 is 0.929 bits per heavy atom. The number of carbonyl (C=O) groups excluding carboxylic acids is 3. The molecule has 0 radical (unpaired) electrons. The summed E-state index contributed by atoms with van der Waals surface area (Å²) in [6, 6.07) is 13.5. The van der Waals surface area contributed by atoms with Gasteiger partial charge in [-0.05, 0) is 133 Å². The molecule has 0 spiro atoms. The van der Waals surface area contributed by atoms with Crippen LogP contribution in [0.1, 0.15) is 74.9 Å². The molecular formula is C48H52F6IN9O6. The number of hydrogen-bond acceptors (Lipinski definition) is 12. The Balaban J connectivity index is 0.000000259. The number of H-pyrrole nitrogens is 1. The van der Waals surface area contributed by atoms with E-state index in [0.29, 0.717) is 28.3 Å². The van der Waals surface area contributed by atoms with Crippen molar-refractivity contribution in [3.05, 3.63) is 129 Å². The van der Waals surface area contributed by atoms with Crippen LogP contribution in [-0.4, -0.2) is 80.9 Å². The summed E-state index contributed by atoms with van der Waals surface area (Å²) in [7, 11) is 0. The molecule has 0 unspecified atom stereocenters. The third-order valence-corrected chi connectivity index (χ3v) is 8.59. The molecule has 22 heteroatoms. The third kappa shape index (κ3) is 20.7. The maximum absolute atomic E-state index is 12.9. The average Bonchev–Trinajstić information content (AvgIpc) is 4.05. The molecule has 0 bridgehead atoms. The molecule has 0 aliphatic rings. The molecule has 6 aromatic rings. The summed E-state index contributed by atoms with van der Waals surface area (Å²) in [5, 5.41) is 14.5. The van der Waals surface area contributed by atoms with E-state index in [2.05, 4.69) is 41.4 Å². The van der Waals surface area contributed by atoms with Gasteiger partial charge in [-0.3, -0.25) is 5.10 Å². The fraction of sp³-hybridized carbons (Fsp3) is 0.312. The van der Waals surface area contributed by atoms with Crippen LogP contribution in [0.4, 0.5) is 26.3 Å². The highest BCUT2D eigenvalue weighted by Gasteiger charge is 2.32. The van der Waals surface area contributed by atoms with E-state index >= 15 is 0 Å². The average molecular weight is 1090 g/mol. The number of halogens is 7. The summed E-state index contributed by atoms with van der Waals surface area (Å²) in [6.07, 6.45) is 1.66. The van der Waals surface area contributed by atoms with Crippen molar-refractivity contribution in [3.63, 3.8) is 0 Å². The molecule has 70 heavy (non-hydrogen) atoms. The first-order valence-electron chi connectivity index (χ1n) is 21.1. The van der Waals surface area contributed by atoms with Crippen LogP contribution in [0.15, 0.2) is 95.9 Å². The molecule has 1 N–H and O–H groups in total. The molecule has 3 heterocycles. The third-order valence-electron chi connectivity index (χ3n) is 8.23. The summed E-state index contributed by atoms with van der Waals surface area (Å²) in [5.74, 6) is -0.131. The van der Waals surface area contributed by atoms with E-state index in [-0.39, 0.29) is 35.7 Å². The van der Waals surface area contributed by atoms with E-state index in [4.69, 9.17) is 14.2 Å². The molecule has 0 saturated carbocycles. The molecule has 0 fully saturated rings. The number of hydrogen-bond donors (Lipinski definition) is 1. The van der Waals surface area contributed by atoms with E-state index in [1.807, 2.05) is 62.4 Å². The summed E-state index contributed by atoms with van der Waals surface area (Å²) in [6.45, 7) is 17.9. The Morgan fingerprint density at radius 3 is 1.30 bits per heavy atom. The van der Waals surface area contributed by atoms with Crippen molar-refractivity contribution in [1.82, 2.24) is 44.7 Å². The van der Waals surface area contributed by atoms with Crippen LogP contribution in [0.3, 0.4) is 0 Å². The van der Waals surface area contributed by atoms with Crippen LogP contribution in [0, 0.1) is 27.7 Å². The zero-order valence-electron chi connectivity index (χ0n) is 39.8. The Bertz CT molecular complexity index is 2720. The van der Waals surface area contributed by atoms with Crippen LogP contribution in [0.25, 0.3) is 46.6 Å². The van der Waals surface area contributed by atoms with Gasteiger partial charge in [-0.1, -0.05) is 39.8 Å².